The molecular formula is C51H30N2O3. The summed E-state index contributed by atoms with van der Waals surface area (Å²) in [7, 11) is 0. The zero-order chi connectivity index (χ0) is 40.3. The maximum atomic E-state index is 9.69. The van der Waals surface area contributed by atoms with Gasteiger partial charge in [-0.05, 0) is 99.1 Å². The van der Waals surface area contributed by atoms with E-state index >= 15 is 0 Å². The van der Waals surface area contributed by atoms with Crippen LogP contribution < -0.4 is 4.74 Å². The molecule has 0 atom stereocenters. The Morgan fingerprint density at radius 3 is 1.52 bits per heavy atom. The summed E-state index contributed by atoms with van der Waals surface area (Å²) >= 11 is 0. The summed E-state index contributed by atoms with van der Waals surface area (Å²) in [4.78, 5) is 9.50. The first kappa shape index (κ1) is 27.1. The first-order valence-corrected chi connectivity index (χ1v) is 18.5. The van der Waals surface area contributed by atoms with E-state index in [1.807, 2.05) is 115 Å². The highest BCUT2D eigenvalue weighted by atomic mass is 16.5. The van der Waals surface area contributed by atoms with Crippen molar-refractivity contribution in [2.75, 3.05) is 0 Å². The molecule has 0 unspecified atom stereocenters. The van der Waals surface area contributed by atoms with Crippen LogP contribution in [0.4, 0.5) is 0 Å². The van der Waals surface area contributed by atoms with Crippen molar-refractivity contribution in [3.05, 3.63) is 204 Å². The van der Waals surface area contributed by atoms with Crippen LogP contribution in [0.15, 0.2) is 191 Å². The van der Waals surface area contributed by atoms with Crippen molar-refractivity contribution in [2.45, 2.75) is 5.41 Å². The second kappa shape index (κ2) is 11.7. The van der Waals surface area contributed by atoms with Gasteiger partial charge in [0.15, 0.2) is 11.2 Å². The van der Waals surface area contributed by atoms with Crippen LogP contribution in [0.2, 0.25) is 0 Å². The number of hydrogen-bond donors (Lipinski definition) is 0. The SMILES string of the molecule is [2H]c1c([2H])c(-c2cccc3c2-c2ccccc2C32c3ccccc3Oc3ccccc32)c([2H])c([2H])c1-c1cc(-c2nc3ccccc3o2)cc(-c2nc3ccccc3o2)c1. The van der Waals surface area contributed by atoms with E-state index in [2.05, 4.69) is 30.3 Å². The lowest BCUT2D eigenvalue weighted by Crippen LogP contribution is -2.32. The lowest BCUT2D eigenvalue weighted by atomic mass is 9.66. The molecule has 1 aliphatic carbocycles. The average molecular weight is 723 g/mol. The van der Waals surface area contributed by atoms with Crippen molar-refractivity contribution in [1.29, 1.82) is 0 Å². The number of oxazole rings is 2. The van der Waals surface area contributed by atoms with E-state index < -0.39 is 5.41 Å². The van der Waals surface area contributed by atoms with Crippen molar-refractivity contribution in [3.63, 3.8) is 0 Å². The van der Waals surface area contributed by atoms with Gasteiger partial charge in [0.25, 0.3) is 0 Å². The van der Waals surface area contributed by atoms with Gasteiger partial charge in [-0.2, -0.15) is 0 Å². The second-order valence-corrected chi connectivity index (χ2v) is 14.1. The van der Waals surface area contributed by atoms with Crippen molar-refractivity contribution in [2.24, 2.45) is 0 Å². The highest BCUT2D eigenvalue weighted by Crippen LogP contribution is 2.63. The second-order valence-electron chi connectivity index (χ2n) is 14.1. The third-order valence-electron chi connectivity index (χ3n) is 11.1. The number of benzene rings is 8. The number of para-hydroxylation sites is 6. The van der Waals surface area contributed by atoms with Crippen LogP contribution in [0, 0.1) is 0 Å². The van der Waals surface area contributed by atoms with E-state index in [4.69, 9.17) is 23.5 Å². The van der Waals surface area contributed by atoms with Gasteiger partial charge in [-0.1, -0.05) is 127 Å². The molecule has 1 aliphatic heterocycles. The summed E-state index contributed by atoms with van der Waals surface area (Å²) in [6.45, 7) is 0. The monoisotopic (exact) mass is 722 g/mol. The highest BCUT2D eigenvalue weighted by molar-refractivity contribution is 5.97. The predicted molar refractivity (Wildman–Crippen MR) is 221 cm³/mol. The number of hydrogen-bond acceptors (Lipinski definition) is 5. The van der Waals surface area contributed by atoms with Crippen LogP contribution in [0.3, 0.4) is 0 Å². The Kier molecular flexibility index (Phi) is 5.69. The van der Waals surface area contributed by atoms with Crippen LogP contribution in [0.1, 0.15) is 27.7 Å². The molecule has 12 rings (SSSR count). The third-order valence-corrected chi connectivity index (χ3v) is 11.1. The summed E-state index contributed by atoms with van der Waals surface area (Å²) in [5, 5.41) is 0. The van der Waals surface area contributed by atoms with Crippen LogP contribution in [-0.2, 0) is 5.41 Å². The molecule has 0 amide bonds. The third kappa shape index (κ3) is 4.42. The minimum absolute atomic E-state index is 0.140. The Morgan fingerprint density at radius 1 is 0.411 bits per heavy atom. The number of aromatic nitrogens is 2. The summed E-state index contributed by atoms with van der Waals surface area (Å²) < 4.78 is 57.5. The Morgan fingerprint density at radius 2 is 0.893 bits per heavy atom. The molecule has 0 bridgehead atoms. The fraction of sp³-hybridized carbons (Fsp3) is 0.0196. The molecule has 5 heteroatoms. The van der Waals surface area contributed by atoms with Gasteiger partial charge in [0, 0.05) is 22.3 Å². The van der Waals surface area contributed by atoms with Gasteiger partial charge in [0.05, 0.1) is 10.9 Å². The quantitative estimate of drug-likeness (QED) is 0.181. The molecule has 0 fully saturated rings. The van der Waals surface area contributed by atoms with E-state index in [1.54, 1.807) is 12.1 Å². The molecule has 56 heavy (non-hydrogen) atoms. The van der Waals surface area contributed by atoms with Gasteiger partial charge in [-0.3, -0.25) is 0 Å². The van der Waals surface area contributed by atoms with Gasteiger partial charge in [-0.25, -0.2) is 9.97 Å². The largest absolute Gasteiger partial charge is 0.457 e. The average Bonchev–Trinajstić information content (AvgIpc) is 4.00. The van der Waals surface area contributed by atoms with E-state index in [1.165, 1.54) is 0 Å². The van der Waals surface area contributed by atoms with Gasteiger partial charge < -0.3 is 13.6 Å². The fourth-order valence-corrected chi connectivity index (χ4v) is 8.71. The Labute approximate surface area is 327 Å². The van der Waals surface area contributed by atoms with Crippen molar-refractivity contribution >= 4 is 22.2 Å². The summed E-state index contributed by atoms with van der Waals surface area (Å²) in [6, 6.07) is 50.2. The fourth-order valence-electron chi connectivity index (χ4n) is 8.71. The van der Waals surface area contributed by atoms with Crippen LogP contribution in [0.25, 0.3) is 78.5 Å². The summed E-state index contributed by atoms with van der Waals surface area (Å²) in [5.41, 5.74) is 10.3. The smallest absolute Gasteiger partial charge is 0.227 e. The molecule has 0 saturated heterocycles. The lowest BCUT2D eigenvalue weighted by molar-refractivity contribution is 0.436. The van der Waals surface area contributed by atoms with Gasteiger partial charge >= 0.3 is 0 Å². The first-order chi connectivity index (χ1) is 29.4. The highest BCUT2D eigenvalue weighted by Gasteiger charge is 2.51. The number of nitrogens with zero attached hydrogens (tertiary/aromatic N) is 2. The number of fused-ring (bicyclic) bond motifs is 11. The van der Waals surface area contributed by atoms with Crippen molar-refractivity contribution < 1.29 is 19.1 Å². The minimum atomic E-state index is -0.752. The maximum Gasteiger partial charge on any atom is 0.227 e. The Balaban J connectivity index is 1.09. The van der Waals surface area contributed by atoms with Gasteiger partial charge in [-0.15, -0.1) is 0 Å². The molecule has 2 aliphatic rings. The molecule has 0 N–H and O–H groups in total. The maximum absolute atomic E-state index is 9.69. The molecule has 3 heterocycles. The van der Waals surface area contributed by atoms with E-state index in [0.29, 0.717) is 56.2 Å². The summed E-state index contributed by atoms with van der Waals surface area (Å²) in [6.07, 6.45) is 0. The standard InChI is InChI=1S/C51H30N2O3/c1-2-14-38-37(12-1)48-36(13-11-17-41(48)51(38)39-15-3-7-20-44(39)54-45-21-8-4-16-40(45)51)32-26-24-31(25-27-32)33-28-34(49-52-42-18-5-9-22-46(42)55-49)30-35(29-33)50-53-43-19-6-10-23-47(43)56-50/h1-30H/i24D,25D,26D,27D. The molecule has 262 valence electrons. The topological polar surface area (TPSA) is 61.3 Å². The molecular weight excluding hydrogens is 689 g/mol. The van der Waals surface area contributed by atoms with Crippen molar-refractivity contribution in [3.8, 4) is 67.8 Å². The zero-order valence-electron chi connectivity index (χ0n) is 33.6. The summed E-state index contributed by atoms with van der Waals surface area (Å²) in [5.74, 6) is 2.20. The van der Waals surface area contributed by atoms with Gasteiger partial charge in [0.1, 0.15) is 22.5 Å². The molecule has 0 saturated carbocycles. The molecule has 8 aromatic carbocycles. The van der Waals surface area contributed by atoms with Crippen molar-refractivity contribution in [1.82, 2.24) is 9.97 Å². The van der Waals surface area contributed by atoms with Crippen LogP contribution in [0.5, 0.6) is 11.5 Å². The molecule has 0 radical (unpaired) electrons. The molecule has 2 aromatic heterocycles. The Bertz CT molecular complexity index is 3210. The molecule has 10 aromatic rings. The Hall–Kier alpha value is -7.50. The molecule has 5 nitrogen and oxygen atoms in total. The molecule has 1 spiro atoms. The van der Waals surface area contributed by atoms with E-state index in [9.17, 15) is 5.48 Å². The lowest BCUT2D eigenvalue weighted by Gasteiger charge is -2.39. The normalized spacial score (nSPS) is 14.3. The first-order valence-electron chi connectivity index (χ1n) is 20.5. The zero-order valence-corrected chi connectivity index (χ0v) is 29.6. The number of rotatable bonds is 4. The van der Waals surface area contributed by atoms with Crippen LogP contribution >= 0.6 is 0 Å². The van der Waals surface area contributed by atoms with E-state index in [-0.39, 0.29) is 35.3 Å². The number of ether oxygens (including phenoxy) is 1. The van der Waals surface area contributed by atoms with E-state index in [0.717, 1.165) is 44.9 Å². The minimum Gasteiger partial charge on any atom is -0.457 e. The predicted octanol–water partition coefficient (Wildman–Crippen LogP) is 13.1. The van der Waals surface area contributed by atoms with Gasteiger partial charge in [0.2, 0.25) is 11.8 Å². The van der Waals surface area contributed by atoms with Crippen LogP contribution in [-0.4, -0.2) is 9.97 Å².